The van der Waals surface area contributed by atoms with Gasteiger partial charge < -0.3 is 25.2 Å². The normalized spacial score (nSPS) is 12.3. The highest BCUT2D eigenvalue weighted by molar-refractivity contribution is 6.06. The molecule has 0 spiro atoms. The molecule has 2 aromatic carbocycles. The number of hydrogen-bond acceptors (Lipinski definition) is 7. The number of ether oxygens (including phenoxy) is 2. The highest BCUT2D eigenvalue weighted by atomic mass is 19.4. The van der Waals surface area contributed by atoms with Crippen LogP contribution in [0.3, 0.4) is 0 Å². The van der Waals surface area contributed by atoms with Crippen LogP contribution in [-0.4, -0.2) is 51.7 Å². The number of aromatic nitrogens is 3. The summed E-state index contributed by atoms with van der Waals surface area (Å²) in [5, 5.41) is 14.2. The van der Waals surface area contributed by atoms with Crippen molar-refractivity contribution in [2.75, 3.05) is 24.4 Å². The molecule has 0 unspecified atom stereocenters. The number of alkyl halides is 5. The Labute approximate surface area is 249 Å². The molecule has 17 heteroatoms. The van der Waals surface area contributed by atoms with E-state index in [0.717, 1.165) is 56.6 Å². The van der Waals surface area contributed by atoms with Crippen molar-refractivity contribution in [2.45, 2.75) is 25.8 Å². The van der Waals surface area contributed by atoms with Crippen LogP contribution in [0, 0.1) is 11.6 Å². The Bertz CT molecular complexity index is 1750. The van der Waals surface area contributed by atoms with Crippen LogP contribution in [0.15, 0.2) is 53.3 Å². The van der Waals surface area contributed by atoms with Crippen LogP contribution in [0.2, 0.25) is 0 Å². The van der Waals surface area contributed by atoms with Crippen LogP contribution in [-0.2, 0) is 13.2 Å². The molecule has 0 fully saturated rings. The highest BCUT2D eigenvalue weighted by Crippen LogP contribution is 2.37. The van der Waals surface area contributed by atoms with Gasteiger partial charge in [0.25, 0.3) is 11.5 Å². The number of aliphatic hydroxyl groups is 1. The second kappa shape index (κ2) is 12.9. The number of methoxy groups -OCH3 is 1. The van der Waals surface area contributed by atoms with Crippen molar-refractivity contribution in [3.63, 3.8) is 0 Å². The van der Waals surface area contributed by atoms with Crippen LogP contribution in [0.1, 0.15) is 22.8 Å². The minimum atomic E-state index is -5.07. The topological polar surface area (TPSA) is 120 Å². The van der Waals surface area contributed by atoms with E-state index in [-0.39, 0.29) is 22.9 Å². The molecule has 0 aliphatic rings. The van der Waals surface area contributed by atoms with Crippen molar-refractivity contribution in [1.82, 2.24) is 14.3 Å². The van der Waals surface area contributed by atoms with Gasteiger partial charge in [-0.25, -0.2) is 13.8 Å². The van der Waals surface area contributed by atoms with Crippen LogP contribution >= 0.6 is 0 Å². The minimum Gasteiger partial charge on any atom is -0.497 e. The van der Waals surface area contributed by atoms with Gasteiger partial charge in [0.05, 0.1) is 19.3 Å². The van der Waals surface area contributed by atoms with Crippen LogP contribution in [0.4, 0.5) is 42.2 Å². The van der Waals surface area contributed by atoms with Crippen molar-refractivity contribution in [2.24, 2.45) is 7.05 Å². The van der Waals surface area contributed by atoms with Gasteiger partial charge in [0, 0.05) is 30.8 Å². The number of pyridine rings is 1. The third-order valence-corrected chi connectivity index (χ3v) is 6.38. The van der Waals surface area contributed by atoms with Crippen molar-refractivity contribution < 1.29 is 50.1 Å². The Balaban J connectivity index is 1.97. The largest absolute Gasteiger partial charge is 0.497 e. The zero-order valence-corrected chi connectivity index (χ0v) is 23.5. The summed E-state index contributed by atoms with van der Waals surface area (Å²) in [6.07, 6.45) is -5.07. The summed E-state index contributed by atoms with van der Waals surface area (Å²) in [5.74, 6) is -5.43. The minimum absolute atomic E-state index is 0.187. The fourth-order valence-electron chi connectivity index (χ4n) is 4.32. The van der Waals surface area contributed by atoms with Gasteiger partial charge in [0.15, 0.2) is 5.82 Å². The van der Waals surface area contributed by atoms with E-state index in [1.165, 1.54) is 6.92 Å². The lowest BCUT2D eigenvalue weighted by atomic mass is 10.1. The first-order valence-electron chi connectivity index (χ1n) is 12.8. The Morgan fingerprint density at radius 1 is 1.04 bits per heavy atom. The summed E-state index contributed by atoms with van der Waals surface area (Å²) in [4.78, 5) is 30.9. The molecule has 240 valence electrons. The number of benzene rings is 2. The number of carbonyl (C=O) groups excluding carboxylic acids is 1. The first-order valence-corrected chi connectivity index (χ1v) is 12.8. The van der Waals surface area contributed by atoms with Crippen molar-refractivity contribution in [3.8, 4) is 28.6 Å². The van der Waals surface area contributed by atoms with Crippen molar-refractivity contribution in [3.05, 3.63) is 81.6 Å². The lowest BCUT2D eigenvalue weighted by molar-refractivity contribution is -0.137. The van der Waals surface area contributed by atoms with Crippen LogP contribution in [0.5, 0.6) is 11.5 Å². The third kappa shape index (κ3) is 6.87. The number of anilines is 2. The smallest absolute Gasteiger partial charge is 0.420 e. The molecular formula is C28H24F7N5O5. The Kier molecular flexibility index (Phi) is 9.41. The molecule has 3 N–H and O–H groups in total. The number of hydrogen-bond donors (Lipinski definition) is 3. The molecular weight excluding hydrogens is 619 g/mol. The van der Waals surface area contributed by atoms with Gasteiger partial charge in [-0.3, -0.25) is 14.3 Å². The molecule has 0 saturated heterocycles. The third-order valence-electron chi connectivity index (χ3n) is 6.38. The molecule has 0 bridgehead atoms. The maximum Gasteiger partial charge on any atom is 0.420 e. The van der Waals surface area contributed by atoms with Gasteiger partial charge in [-0.2, -0.15) is 26.6 Å². The molecule has 10 nitrogen and oxygen atoms in total. The molecule has 4 rings (SSSR count). The summed E-state index contributed by atoms with van der Waals surface area (Å²) in [5.41, 5.74) is -5.43. The average molecular weight is 644 g/mol. The van der Waals surface area contributed by atoms with E-state index < -0.39 is 76.9 Å². The maximum absolute atomic E-state index is 15.3. The number of amides is 1. The number of rotatable bonds is 10. The Morgan fingerprint density at radius 3 is 2.20 bits per heavy atom. The summed E-state index contributed by atoms with van der Waals surface area (Å²) < 4.78 is 108. The van der Waals surface area contributed by atoms with Crippen molar-refractivity contribution in [1.29, 1.82) is 0 Å². The van der Waals surface area contributed by atoms with Gasteiger partial charge in [-0.05, 0) is 43.3 Å². The summed E-state index contributed by atoms with van der Waals surface area (Å²) >= 11 is 0. The number of nitrogens with zero attached hydrogens (tertiary/aromatic N) is 3. The predicted octanol–water partition coefficient (Wildman–Crippen LogP) is 5.19. The predicted molar refractivity (Wildman–Crippen MR) is 147 cm³/mol. The lowest BCUT2D eigenvalue weighted by Crippen LogP contribution is -2.27. The molecule has 4 aromatic rings. The Hall–Kier alpha value is -5.06. The molecule has 1 atom stereocenters. The van der Waals surface area contributed by atoms with E-state index in [0.29, 0.717) is 15.4 Å². The fraction of sp³-hybridized carbons (Fsp3) is 0.250. The molecule has 0 aliphatic heterocycles. The van der Waals surface area contributed by atoms with Gasteiger partial charge >= 0.3 is 12.8 Å². The van der Waals surface area contributed by atoms with E-state index in [1.54, 1.807) is 0 Å². The first kappa shape index (κ1) is 32.8. The molecule has 1 amide bonds. The number of carbonyl (C=O) groups is 1. The molecule has 0 aliphatic carbocycles. The zero-order valence-electron chi connectivity index (χ0n) is 23.5. The molecule has 2 aromatic heterocycles. The van der Waals surface area contributed by atoms with Gasteiger partial charge in [0.2, 0.25) is 0 Å². The number of aliphatic hydroxyl groups excluding tert-OH is 1. The molecule has 2 heterocycles. The van der Waals surface area contributed by atoms with Gasteiger partial charge in [-0.15, -0.1) is 0 Å². The standard InChI is InChI=1S/C28H24F7N5O5/c1-13(12-41)36-20-9-8-17(28(33,34)35)24(37-20)40-26(43)22(38-25(42)14-4-6-15(7-5-14)45-27(31)32)23(39(40)2)21-18(29)10-16(44-3)11-19(21)30/h4-11,13,27,41H,12H2,1-3H3,(H,36,37)(H,38,42)/t13-/m1/s1. The van der Waals surface area contributed by atoms with E-state index in [9.17, 15) is 36.6 Å². The van der Waals surface area contributed by atoms with Gasteiger partial charge in [-0.1, -0.05) is 0 Å². The summed E-state index contributed by atoms with van der Waals surface area (Å²) in [6, 6.07) is 6.54. The van der Waals surface area contributed by atoms with E-state index in [2.05, 4.69) is 20.4 Å². The van der Waals surface area contributed by atoms with E-state index in [4.69, 9.17) is 4.74 Å². The highest BCUT2D eigenvalue weighted by Gasteiger charge is 2.38. The maximum atomic E-state index is 15.3. The lowest BCUT2D eigenvalue weighted by Gasteiger charge is -2.18. The SMILES string of the molecule is COc1cc(F)c(-c2c(NC(=O)c3ccc(OC(F)F)cc3)c(=O)n(-c3nc(N[C@H](C)CO)ccc3C(F)(F)F)n2C)c(F)c1. The second-order valence-corrected chi connectivity index (χ2v) is 9.48. The van der Waals surface area contributed by atoms with E-state index in [1.807, 2.05) is 0 Å². The average Bonchev–Trinajstić information content (AvgIpc) is 3.20. The first-order chi connectivity index (χ1) is 21.2. The molecule has 45 heavy (non-hydrogen) atoms. The molecule has 0 radical (unpaired) electrons. The quantitative estimate of drug-likeness (QED) is 0.204. The molecule has 0 saturated carbocycles. The fourth-order valence-corrected chi connectivity index (χ4v) is 4.32. The van der Waals surface area contributed by atoms with Crippen LogP contribution < -0.4 is 25.7 Å². The van der Waals surface area contributed by atoms with E-state index >= 15 is 8.78 Å². The zero-order chi connectivity index (χ0) is 33.2. The van der Waals surface area contributed by atoms with Crippen molar-refractivity contribution >= 4 is 17.4 Å². The summed E-state index contributed by atoms with van der Waals surface area (Å²) in [6.45, 7) is -2.07. The number of nitrogens with one attached hydrogen (secondary N) is 2. The summed E-state index contributed by atoms with van der Waals surface area (Å²) in [7, 11) is 2.15. The number of halogens is 7. The van der Waals surface area contributed by atoms with Gasteiger partial charge in [0.1, 0.15) is 45.9 Å². The second-order valence-electron chi connectivity index (χ2n) is 9.48. The van der Waals surface area contributed by atoms with Crippen LogP contribution in [0.25, 0.3) is 17.1 Å². The monoisotopic (exact) mass is 643 g/mol. The Morgan fingerprint density at radius 2 is 1.67 bits per heavy atom.